The van der Waals surface area contributed by atoms with Gasteiger partial charge in [-0.3, -0.25) is 4.79 Å². The zero-order chi connectivity index (χ0) is 40.5. The van der Waals surface area contributed by atoms with Crippen molar-refractivity contribution in [1.82, 2.24) is 5.32 Å². The molecule has 0 unspecified atom stereocenters. The third kappa shape index (κ3) is 11.9. The minimum absolute atomic E-state index is 0.00684. The van der Waals surface area contributed by atoms with Crippen molar-refractivity contribution in [3.8, 4) is 0 Å². The van der Waals surface area contributed by atoms with E-state index in [-0.39, 0.29) is 59.2 Å². The molecule has 3 saturated heterocycles. The molecule has 0 aromatic carbocycles. The number of nitrogens with one attached hydrogen (secondary N) is 1. The van der Waals surface area contributed by atoms with Crippen LogP contribution in [0.5, 0.6) is 0 Å². The standard InChI is InChI=1S/C47H81NO6/c1-14-37-27-33(8)47(48-45(37)52)36(11)43(51)35(10)42(53-47)28-41(50)32(7)22-18-15-17-21-31(6)38(29(2)3)23-19-16-20-24-40(49)34(9)44-39(30(4)5)25-26-46(12,13)54-44/h15-17,19-21,24,29-30,32-44,49-51H,14,18,22-23,25-28H2,1-13H3,(H,48,52)/b17-15+,19-16+,24-20+,31-21+/t32-,33-,34-,35-,36-,37-,38+,39-,40-,41-,42-,43-,44+,47+/m0/s1. The second-order valence-electron chi connectivity index (χ2n) is 19.1. The molecule has 3 aliphatic heterocycles. The lowest BCUT2D eigenvalue weighted by molar-refractivity contribution is -0.267. The molecule has 3 rings (SSSR count). The summed E-state index contributed by atoms with van der Waals surface area (Å²) in [6.07, 6.45) is 19.5. The van der Waals surface area contributed by atoms with E-state index in [0.717, 1.165) is 44.9 Å². The Morgan fingerprint density at radius 2 is 1.69 bits per heavy atom. The molecule has 0 aromatic heterocycles. The third-order valence-electron chi connectivity index (χ3n) is 13.8. The molecule has 1 spiro atoms. The first-order valence-corrected chi connectivity index (χ1v) is 21.6. The van der Waals surface area contributed by atoms with E-state index in [1.807, 2.05) is 32.9 Å². The summed E-state index contributed by atoms with van der Waals surface area (Å²) in [4.78, 5) is 12.9. The van der Waals surface area contributed by atoms with Crippen LogP contribution in [0.25, 0.3) is 0 Å². The lowest BCUT2D eigenvalue weighted by Crippen LogP contribution is -2.71. The van der Waals surface area contributed by atoms with Crippen molar-refractivity contribution in [2.45, 2.75) is 183 Å². The minimum Gasteiger partial charge on any atom is -0.393 e. The molecule has 310 valence electrons. The molecule has 3 fully saturated rings. The van der Waals surface area contributed by atoms with Gasteiger partial charge in [0, 0.05) is 36.0 Å². The zero-order valence-electron chi connectivity index (χ0n) is 36.4. The topological polar surface area (TPSA) is 108 Å². The summed E-state index contributed by atoms with van der Waals surface area (Å²) in [7, 11) is 0. The second kappa shape index (κ2) is 20.6. The molecule has 0 bridgehead atoms. The van der Waals surface area contributed by atoms with E-state index in [4.69, 9.17) is 9.47 Å². The van der Waals surface area contributed by atoms with Gasteiger partial charge < -0.3 is 30.1 Å². The summed E-state index contributed by atoms with van der Waals surface area (Å²) >= 11 is 0. The van der Waals surface area contributed by atoms with Gasteiger partial charge in [-0.2, -0.15) is 0 Å². The van der Waals surface area contributed by atoms with E-state index in [9.17, 15) is 20.1 Å². The van der Waals surface area contributed by atoms with Crippen LogP contribution in [0.2, 0.25) is 0 Å². The van der Waals surface area contributed by atoms with Crippen LogP contribution in [0.1, 0.15) is 141 Å². The predicted octanol–water partition coefficient (Wildman–Crippen LogP) is 9.57. The second-order valence-corrected chi connectivity index (χ2v) is 19.1. The maximum atomic E-state index is 12.9. The Morgan fingerprint density at radius 1 is 1.00 bits per heavy atom. The average Bonchev–Trinajstić information content (AvgIpc) is 3.10. The Morgan fingerprint density at radius 3 is 2.31 bits per heavy atom. The van der Waals surface area contributed by atoms with Crippen LogP contribution in [0.3, 0.4) is 0 Å². The van der Waals surface area contributed by atoms with E-state index in [1.165, 1.54) is 5.57 Å². The van der Waals surface area contributed by atoms with E-state index in [1.54, 1.807) is 0 Å². The van der Waals surface area contributed by atoms with Crippen molar-refractivity contribution >= 4 is 5.91 Å². The van der Waals surface area contributed by atoms with Crippen LogP contribution in [0.4, 0.5) is 0 Å². The first-order chi connectivity index (χ1) is 25.3. The Balaban J connectivity index is 1.50. The van der Waals surface area contributed by atoms with Crippen molar-refractivity contribution in [1.29, 1.82) is 0 Å². The van der Waals surface area contributed by atoms with Crippen molar-refractivity contribution in [2.24, 2.45) is 59.2 Å². The molecule has 54 heavy (non-hydrogen) atoms. The van der Waals surface area contributed by atoms with Crippen LogP contribution < -0.4 is 5.32 Å². The highest BCUT2D eigenvalue weighted by Crippen LogP contribution is 2.46. The SMILES string of the molecule is CC[C@H]1C[C@H](C)[C@@]2(NC1=O)O[C@@H](C[C@H](O)[C@@H](C)CC/C=C/C=C(\C)[C@H](C/C=C/C=C/[C@H](O)[C@H](C)[C@H]1OC(C)(C)CC[C@H]1C(C)C)C(C)C)[C@H](C)[C@H](O)[C@@H]2C. The summed E-state index contributed by atoms with van der Waals surface area (Å²) in [5.74, 6) is 1.65. The average molecular weight is 756 g/mol. The van der Waals surface area contributed by atoms with Crippen molar-refractivity contribution in [2.75, 3.05) is 0 Å². The molecule has 0 aromatic rings. The summed E-state index contributed by atoms with van der Waals surface area (Å²) in [5.41, 5.74) is 0.290. The fourth-order valence-corrected chi connectivity index (χ4v) is 9.54. The molecule has 3 heterocycles. The van der Waals surface area contributed by atoms with E-state index in [2.05, 4.69) is 105 Å². The normalized spacial score (nSPS) is 35.3. The molecule has 3 aliphatic rings. The van der Waals surface area contributed by atoms with Gasteiger partial charge in [0.2, 0.25) is 5.91 Å². The summed E-state index contributed by atoms with van der Waals surface area (Å²) in [5, 5.41) is 36.8. The third-order valence-corrected chi connectivity index (χ3v) is 13.8. The highest BCUT2D eigenvalue weighted by atomic mass is 16.5. The van der Waals surface area contributed by atoms with Crippen LogP contribution in [-0.4, -0.2) is 63.1 Å². The fraction of sp³-hybridized carbons (Fsp3) is 0.809. The van der Waals surface area contributed by atoms with E-state index >= 15 is 0 Å². The number of aliphatic hydroxyl groups is 3. The molecular weight excluding hydrogens is 675 g/mol. The number of aliphatic hydroxyl groups excluding tert-OH is 3. The molecule has 0 saturated carbocycles. The summed E-state index contributed by atoms with van der Waals surface area (Å²) in [6, 6.07) is 0. The number of ether oxygens (including phenoxy) is 2. The molecular formula is C47H81NO6. The number of carbonyl (C=O) groups is 1. The molecule has 4 N–H and O–H groups in total. The zero-order valence-corrected chi connectivity index (χ0v) is 36.4. The molecule has 0 radical (unpaired) electrons. The number of rotatable bonds is 17. The smallest absolute Gasteiger partial charge is 0.225 e. The van der Waals surface area contributed by atoms with Gasteiger partial charge in [0.15, 0.2) is 0 Å². The molecule has 7 heteroatoms. The number of amides is 1. The lowest BCUT2D eigenvalue weighted by atomic mass is 9.69. The summed E-state index contributed by atoms with van der Waals surface area (Å²) in [6.45, 7) is 27.9. The van der Waals surface area contributed by atoms with Crippen LogP contribution in [0, 0.1) is 59.2 Å². The maximum absolute atomic E-state index is 12.9. The highest BCUT2D eigenvalue weighted by molar-refractivity contribution is 5.80. The van der Waals surface area contributed by atoms with E-state index in [0.29, 0.717) is 30.1 Å². The van der Waals surface area contributed by atoms with E-state index < -0.39 is 24.0 Å². The molecule has 7 nitrogen and oxygen atoms in total. The van der Waals surface area contributed by atoms with Crippen LogP contribution >= 0.6 is 0 Å². The largest absolute Gasteiger partial charge is 0.393 e. The van der Waals surface area contributed by atoms with Gasteiger partial charge in [-0.1, -0.05) is 117 Å². The number of hydrogen-bond donors (Lipinski definition) is 4. The highest BCUT2D eigenvalue weighted by Gasteiger charge is 2.57. The number of carbonyl (C=O) groups excluding carboxylic acids is 1. The Hall–Kier alpha value is -1.77. The first kappa shape index (κ1) is 46.6. The van der Waals surface area contributed by atoms with Gasteiger partial charge in [-0.25, -0.2) is 0 Å². The van der Waals surface area contributed by atoms with Crippen molar-refractivity contribution < 1.29 is 29.6 Å². The number of piperidine rings is 1. The number of hydrogen-bond acceptors (Lipinski definition) is 6. The Labute approximate surface area is 330 Å². The summed E-state index contributed by atoms with van der Waals surface area (Å²) < 4.78 is 13.2. The van der Waals surface area contributed by atoms with Crippen LogP contribution in [0.15, 0.2) is 48.1 Å². The predicted molar refractivity (Wildman–Crippen MR) is 222 cm³/mol. The fourth-order valence-electron chi connectivity index (χ4n) is 9.54. The van der Waals surface area contributed by atoms with Gasteiger partial charge in [-0.05, 0) is 95.3 Å². The van der Waals surface area contributed by atoms with Crippen molar-refractivity contribution in [3.63, 3.8) is 0 Å². The monoisotopic (exact) mass is 756 g/mol. The number of allylic oxidation sites excluding steroid dienone is 7. The first-order valence-electron chi connectivity index (χ1n) is 21.6. The van der Waals surface area contributed by atoms with Gasteiger partial charge in [0.25, 0.3) is 0 Å². The van der Waals surface area contributed by atoms with Crippen molar-refractivity contribution in [3.05, 3.63) is 48.1 Å². The van der Waals surface area contributed by atoms with Gasteiger partial charge in [0.05, 0.1) is 36.1 Å². The quantitative estimate of drug-likeness (QED) is 0.110. The Bertz CT molecular complexity index is 1280. The van der Waals surface area contributed by atoms with Gasteiger partial charge in [0.1, 0.15) is 5.72 Å². The molecule has 0 aliphatic carbocycles. The molecule has 14 atom stereocenters. The Kier molecular flexibility index (Phi) is 17.8. The lowest BCUT2D eigenvalue weighted by Gasteiger charge is -2.56. The van der Waals surface area contributed by atoms with Gasteiger partial charge in [-0.15, -0.1) is 0 Å². The molecule has 1 amide bonds. The van der Waals surface area contributed by atoms with Gasteiger partial charge >= 0.3 is 0 Å². The maximum Gasteiger partial charge on any atom is 0.225 e. The van der Waals surface area contributed by atoms with Crippen LogP contribution in [-0.2, 0) is 14.3 Å². The minimum atomic E-state index is -0.907.